The Morgan fingerprint density at radius 1 is 1.47 bits per heavy atom. The average molecular weight is 230 g/mol. The largest absolute Gasteiger partial charge is 0.345 e. The summed E-state index contributed by atoms with van der Waals surface area (Å²) >= 11 is 0. The fourth-order valence-electron chi connectivity index (χ4n) is 2.67. The molecule has 1 atom stereocenters. The van der Waals surface area contributed by atoms with Crippen LogP contribution in [0.15, 0.2) is 24.5 Å². The van der Waals surface area contributed by atoms with Crippen LogP contribution >= 0.6 is 0 Å². The van der Waals surface area contributed by atoms with Crippen molar-refractivity contribution in [3.63, 3.8) is 0 Å². The summed E-state index contributed by atoms with van der Waals surface area (Å²) in [6.45, 7) is 0.887. The van der Waals surface area contributed by atoms with Crippen molar-refractivity contribution in [3.05, 3.63) is 41.5 Å². The monoisotopic (exact) mass is 230 g/mol. The average Bonchev–Trinajstić information content (AvgIpc) is 2.89. The second-order valence-electron chi connectivity index (χ2n) is 4.79. The van der Waals surface area contributed by atoms with Crippen LogP contribution in [0.3, 0.4) is 0 Å². The second kappa shape index (κ2) is 4.04. The first-order chi connectivity index (χ1) is 8.25. The number of fused-ring (bicyclic) bond motifs is 1. The van der Waals surface area contributed by atoms with E-state index < -0.39 is 0 Å². The van der Waals surface area contributed by atoms with Gasteiger partial charge in [0.05, 0.1) is 12.2 Å². The van der Waals surface area contributed by atoms with Crippen LogP contribution in [0.5, 0.6) is 0 Å². The molecule has 2 N–H and O–H groups in total. The van der Waals surface area contributed by atoms with Crippen molar-refractivity contribution in [3.8, 4) is 0 Å². The van der Waals surface area contributed by atoms with Gasteiger partial charge in [0.25, 0.3) is 0 Å². The second-order valence-corrected chi connectivity index (χ2v) is 4.79. The lowest BCUT2D eigenvalue weighted by Crippen LogP contribution is -2.18. The molecule has 0 fully saturated rings. The zero-order valence-corrected chi connectivity index (χ0v) is 10.1. The van der Waals surface area contributed by atoms with E-state index in [9.17, 15) is 0 Å². The third-order valence-electron chi connectivity index (χ3n) is 3.70. The third-order valence-corrected chi connectivity index (χ3v) is 3.70. The smallest absolute Gasteiger partial charge is 0.0642 e. The maximum absolute atomic E-state index is 6.13. The Morgan fingerprint density at radius 3 is 3.12 bits per heavy atom. The maximum Gasteiger partial charge on any atom is 0.0642 e. The summed E-state index contributed by atoms with van der Waals surface area (Å²) in [5, 5.41) is 4.20. The van der Waals surface area contributed by atoms with E-state index >= 15 is 0 Å². The van der Waals surface area contributed by atoms with Crippen LogP contribution in [0.2, 0.25) is 0 Å². The van der Waals surface area contributed by atoms with Gasteiger partial charge in [-0.05, 0) is 37.0 Å². The third kappa shape index (κ3) is 1.78. The minimum Gasteiger partial charge on any atom is -0.345 e. The number of hydrogen-bond acceptors (Lipinski definition) is 2. The van der Waals surface area contributed by atoms with Gasteiger partial charge in [-0.2, -0.15) is 5.10 Å². The first-order valence-corrected chi connectivity index (χ1v) is 6.16. The van der Waals surface area contributed by atoms with Gasteiger partial charge in [-0.15, -0.1) is 0 Å². The SMILES string of the molecule is Cn1nccc1Cn1ccc2c1CCCC2N. The lowest BCUT2D eigenvalue weighted by Gasteiger charge is -2.21. The normalized spacial score (nSPS) is 19.3. The predicted molar refractivity (Wildman–Crippen MR) is 66.6 cm³/mol. The number of hydrogen-bond donors (Lipinski definition) is 1. The van der Waals surface area contributed by atoms with Crippen molar-refractivity contribution >= 4 is 0 Å². The molecule has 90 valence electrons. The van der Waals surface area contributed by atoms with Gasteiger partial charge < -0.3 is 10.3 Å². The van der Waals surface area contributed by atoms with Gasteiger partial charge in [-0.1, -0.05) is 0 Å². The van der Waals surface area contributed by atoms with Crippen molar-refractivity contribution in [1.29, 1.82) is 0 Å². The quantitative estimate of drug-likeness (QED) is 0.852. The highest BCUT2D eigenvalue weighted by Gasteiger charge is 2.20. The zero-order valence-electron chi connectivity index (χ0n) is 10.1. The van der Waals surface area contributed by atoms with Gasteiger partial charge in [-0.25, -0.2) is 0 Å². The zero-order chi connectivity index (χ0) is 11.8. The van der Waals surface area contributed by atoms with Crippen molar-refractivity contribution in [2.24, 2.45) is 12.8 Å². The summed E-state index contributed by atoms with van der Waals surface area (Å²) in [7, 11) is 1.98. The van der Waals surface area contributed by atoms with E-state index in [0.29, 0.717) is 0 Å². The van der Waals surface area contributed by atoms with Crippen LogP contribution in [0.25, 0.3) is 0 Å². The number of aryl methyl sites for hydroxylation is 1. The molecule has 1 aliphatic carbocycles. The molecule has 1 unspecified atom stereocenters. The van der Waals surface area contributed by atoms with Crippen LogP contribution in [0, 0.1) is 0 Å². The van der Waals surface area contributed by atoms with Crippen LogP contribution < -0.4 is 5.73 Å². The molecule has 3 rings (SSSR count). The van der Waals surface area contributed by atoms with Gasteiger partial charge in [-0.3, -0.25) is 4.68 Å². The summed E-state index contributed by atoms with van der Waals surface area (Å²) in [6.07, 6.45) is 7.46. The maximum atomic E-state index is 6.13. The Bertz CT molecular complexity index is 523. The number of aromatic nitrogens is 3. The lowest BCUT2D eigenvalue weighted by atomic mass is 9.94. The fourth-order valence-corrected chi connectivity index (χ4v) is 2.67. The molecular weight excluding hydrogens is 212 g/mol. The van der Waals surface area contributed by atoms with Gasteiger partial charge >= 0.3 is 0 Å². The number of nitrogens with zero attached hydrogens (tertiary/aromatic N) is 3. The molecule has 2 heterocycles. The number of nitrogens with two attached hydrogens (primary N) is 1. The standard InChI is InChI=1S/C13H18N4/c1-16-10(5-7-15-16)9-17-8-6-11-12(14)3-2-4-13(11)17/h5-8,12H,2-4,9,14H2,1H3. The number of rotatable bonds is 2. The molecular formula is C13H18N4. The molecule has 4 heteroatoms. The molecule has 0 saturated heterocycles. The molecule has 2 aromatic rings. The summed E-state index contributed by atoms with van der Waals surface area (Å²) in [5.74, 6) is 0. The molecule has 2 aromatic heterocycles. The first-order valence-electron chi connectivity index (χ1n) is 6.16. The molecule has 4 nitrogen and oxygen atoms in total. The summed E-state index contributed by atoms with van der Waals surface area (Å²) in [6, 6.07) is 4.47. The molecule has 0 amide bonds. The minimum atomic E-state index is 0.228. The molecule has 0 bridgehead atoms. The molecule has 17 heavy (non-hydrogen) atoms. The summed E-state index contributed by atoms with van der Waals surface area (Å²) < 4.78 is 4.24. The van der Waals surface area contributed by atoms with Crippen LogP contribution in [-0.2, 0) is 20.0 Å². The van der Waals surface area contributed by atoms with E-state index in [1.807, 2.05) is 17.9 Å². The molecule has 0 saturated carbocycles. The summed E-state index contributed by atoms with van der Waals surface area (Å²) in [5.41, 5.74) is 10.1. The molecule has 1 aliphatic rings. The molecule has 0 aromatic carbocycles. The molecule has 0 aliphatic heterocycles. The lowest BCUT2D eigenvalue weighted by molar-refractivity contribution is 0.543. The Morgan fingerprint density at radius 2 is 2.35 bits per heavy atom. The van der Waals surface area contributed by atoms with E-state index in [4.69, 9.17) is 5.73 Å². The summed E-state index contributed by atoms with van der Waals surface area (Å²) in [4.78, 5) is 0. The van der Waals surface area contributed by atoms with E-state index in [1.165, 1.54) is 23.4 Å². The van der Waals surface area contributed by atoms with Crippen molar-refractivity contribution < 1.29 is 0 Å². The van der Waals surface area contributed by atoms with E-state index in [0.717, 1.165) is 19.4 Å². The highest BCUT2D eigenvalue weighted by atomic mass is 15.3. The van der Waals surface area contributed by atoms with E-state index in [2.05, 4.69) is 28.0 Å². The topological polar surface area (TPSA) is 48.8 Å². The van der Waals surface area contributed by atoms with Crippen LogP contribution in [-0.4, -0.2) is 14.3 Å². The van der Waals surface area contributed by atoms with Gasteiger partial charge in [0.15, 0.2) is 0 Å². The minimum absolute atomic E-state index is 0.228. The van der Waals surface area contributed by atoms with Gasteiger partial charge in [0.1, 0.15) is 0 Å². The Labute approximate surface area is 101 Å². The van der Waals surface area contributed by atoms with Crippen molar-refractivity contribution in [2.75, 3.05) is 0 Å². The fraction of sp³-hybridized carbons (Fsp3) is 0.462. The Balaban J connectivity index is 1.92. The first kappa shape index (κ1) is 10.6. The predicted octanol–water partition coefficient (Wildman–Crippen LogP) is 1.61. The van der Waals surface area contributed by atoms with Crippen LogP contribution in [0.4, 0.5) is 0 Å². The highest BCUT2D eigenvalue weighted by molar-refractivity contribution is 5.29. The van der Waals surface area contributed by atoms with E-state index in [-0.39, 0.29) is 6.04 Å². The van der Waals surface area contributed by atoms with Crippen molar-refractivity contribution in [1.82, 2.24) is 14.3 Å². The van der Waals surface area contributed by atoms with Gasteiger partial charge in [0.2, 0.25) is 0 Å². The molecule has 0 spiro atoms. The highest BCUT2D eigenvalue weighted by Crippen LogP contribution is 2.29. The Kier molecular flexibility index (Phi) is 2.52. The van der Waals surface area contributed by atoms with Crippen molar-refractivity contribution in [2.45, 2.75) is 31.8 Å². The van der Waals surface area contributed by atoms with E-state index in [1.54, 1.807) is 0 Å². The molecule has 0 radical (unpaired) electrons. The van der Waals surface area contributed by atoms with Crippen LogP contribution in [0.1, 0.15) is 35.8 Å². The Hall–Kier alpha value is -1.55. The van der Waals surface area contributed by atoms with Gasteiger partial charge in [0, 0.05) is 31.2 Å².